The molecule has 3 heteroatoms. The maximum absolute atomic E-state index is 12.7. The van der Waals surface area contributed by atoms with Crippen molar-refractivity contribution in [3.8, 4) is 5.75 Å². The molecular formula is C15H11FOS. The average molecular weight is 258 g/mol. The molecule has 0 N–H and O–H groups in total. The Balaban J connectivity index is 1.74. The van der Waals surface area contributed by atoms with E-state index in [-0.39, 0.29) is 5.82 Å². The normalized spacial score (nSPS) is 10.7. The number of hydrogen-bond acceptors (Lipinski definition) is 2. The van der Waals surface area contributed by atoms with Crippen molar-refractivity contribution >= 4 is 21.4 Å². The molecule has 0 aliphatic rings. The van der Waals surface area contributed by atoms with Gasteiger partial charge in [-0.1, -0.05) is 18.2 Å². The van der Waals surface area contributed by atoms with E-state index >= 15 is 0 Å². The Labute approximate surface area is 108 Å². The van der Waals surface area contributed by atoms with Crippen LogP contribution in [0.3, 0.4) is 0 Å². The highest BCUT2D eigenvalue weighted by Crippen LogP contribution is 2.26. The van der Waals surface area contributed by atoms with E-state index in [1.807, 2.05) is 12.1 Å². The lowest BCUT2D eigenvalue weighted by Gasteiger charge is -2.03. The molecule has 0 saturated carbocycles. The minimum absolute atomic E-state index is 0.246. The summed E-state index contributed by atoms with van der Waals surface area (Å²) in [5, 5.41) is 1.24. The Morgan fingerprint density at radius 3 is 2.56 bits per heavy atom. The largest absolute Gasteiger partial charge is 0.488 e. The fraction of sp³-hybridized carbons (Fsp3) is 0.0667. The summed E-state index contributed by atoms with van der Waals surface area (Å²) >= 11 is 1.72. The maximum atomic E-state index is 12.7. The van der Waals surface area contributed by atoms with E-state index in [0.29, 0.717) is 12.4 Å². The second kappa shape index (κ2) is 4.78. The summed E-state index contributed by atoms with van der Waals surface area (Å²) in [7, 11) is 0. The predicted octanol–water partition coefficient (Wildman–Crippen LogP) is 4.62. The lowest BCUT2D eigenvalue weighted by molar-refractivity contribution is 0.309. The summed E-state index contributed by atoms with van der Waals surface area (Å²) in [5.74, 6) is 0.443. The molecular weight excluding hydrogens is 247 g/mol. The summed E-state index contributed by atoms with van der Waals surface area (Å²) in [4.78, 5) is 1.17. The molecule has 1 nitrogen and oxygen atoms in total. The highest BCUT2D eigenvalue weighted by atomic mass is 32.1. The highest BCUT2D eigenvalue weighted by molar-refractivity contribution is 7.19. The molecule has 3 aromatic rings. The zero-order valence-electron chi connectivity index (χ0n) is 9.60. The Morgan fingerprint density at radius 1 is 1.00 bits per heavy atom. The van der Waals surface area contributed by atoms with Crippen molar-refractivity contribution in [2.75, 3.05) is 0 Å². The molecule has 1 aromatic heterocycles. The molecule has 0 unspecified atom stereocenters. The number of ether oxygens (including phenoxy) is 1. The average Bonchev–Trinajstić information content (AvgIpc) is 2.81. The van der Waals surface area contributed by atoms with Crippen LogP contribution < -0.4 is 4.74 Å². The Morgan fingerprint density at radius 2 is 1.78 bits per heavy atom. The SMILES string of the molecule is Fc1ccc(OCc2cc3ccccc3s2)cc1. The summed E-state index contributed by atoms with van der Waals surface area (Å²) in [6, 6.07) is 16.5. The van der Waals surface area contributed by atoms with E-state index in [9.17, 15) is 4.39 Å². The predicted molar refractivity (Wildman–Crippen MR) is 72.6 cm³/mol. The zero-order chi connectivity index (χ0) is 12.4. The number of rotatable bonds is 3. The molecule has 0 fully saturated rings. The van der Waals surface area contributed by atoms with Gasteiger partial charge in [-0.25, -0.2) is 4.39 Å². The van der Waals surface area contributed by atoms with Crippen LogP contribution in [0.4, 0.5) is 4.39 Å². The fourth-order valence-electron chi connectivity index (χ4n) is 1.79. The lowest BCUT2D eigenvalue weighted by atomic mass is 10.2. The molecule has 3 rings (SSSR count). The van der Waals surface area contributed by atoms with Crippen LogP contribution in [0.2, 0.25) is 0 Å². The van der Waals surface area contributed by atoms with Crippen LogP contribution in [0.1, 0.15) is 4.88 Å². The van der Waals surface area contributed by atoms with E-state index in [1.54, 1.807) is 23.5 Å². The van der Waals surface area contributed by atoms with Crippen molar-refractivity contribution in [3.05, 3.63) is 65.3 Å². The summed E-state index contributed by atoms with van der Waals surface area (Å²) in [6.07, 6.45) is 0. The Bertz CT molecular complexity index is 625. The first-order chi connectivity index (χ1) is 8.81. The molecule has 0 aliphatic carbocycles. The molecule has 2 aromatic carbocycles. The molecule has 0 aliphatic heterocycles. The van der Waals surface area contributed by atoms with Gasteiger partial charge in [0, 0.05) is 9.58 Å². The van der Waals surface area contributed by atoms with Crippen molar-refractivity contribution < 1.29 is 9.13 Å². The standard InChI is InChI=1S/C15H11FOS/c16-12-5-7-13(8-6-12)17-10-14-9-11-3-1-2-4-15(11)18-14/h1-9H,10H2. The third-order valence-electron chi connectivity index (χ3n) is 2.67. The first-order valence-corrected chi connectivity index (χ1v) is 6.49. The molecule has 18 heavy (non-hydrogen) atoms. The van der Waals surface area contributed by atoms with Crippen molar-refractivity contribution in [1.29, 1.82) is 0 Å². The molecule has 0 atom stereocenters. The molecule has 0 radical (unpaired) electrons. The molecule has 1 heterocycles. The second-order valence-electron chi connectivity index (χ2n) is 3.99. The van der Waals surface area contributed by atoms with Gasteiger partial charge in [0.05, 0.1) is 0 Å². The van der Waals surface area contributed by atoms with E-state index in [2.05, 4.69) is 18.2 Å². The molecule has 0 amide bonds. The molecule has 0 bridgehead atoms. The van der Waals surface area contributed by atoms with Gasteiger partial charge >= 0.3 is 0 Å². The topological polar surface area (TPSA) is 9.23 Å². The molecule has 0 saturated heterocycles. The Kier molecular flexibility index (Phi) is 2.99. The number of halogens is 1. The first kappa shape index (κ1) is 11.2. The van der Waals surface area contributed by atoms with E-state index < -0.39 is 0 Å². The summed E-state index contributed by atoms with van der Waals surface area (Å²) < 4.78 is 19.6. The van der Waals surface area contributed by atoms with E-state index in [1.165, 1.54) is 27.1 Å². The quantitative estimate of drug-likeness (QED) is 0.666. The Hall–Kier alpha value is -1.87. The number of thiophene rings is 1. The van der Waals surface area contributed by atoms with Gasteiger partial charge in [0.25, 0.3) is 0 Å². The van der Waals surface area contributed by atoms with Crippen LogP contribution in [0.25, 0.3) is 10.1 Å². The monoisotopic (exact) mass is 258 g/mol. The van der Waals surface area contributed by atoms with Crippen LogP contribution in [0, 0.1) is 5.82 Å². The van der Waals surface area contributed by atoms with Gasteiger partial charge in [0.1, 0.15) is 18.2 Å². The van der Waals surface area contributed by atoms with Gasteiger partial charge in [0.2, 0.25) is 0 Å². The third kappa shape index (κ3) is 2.36. The van der Waals surface area contributed by atoms with Crippen molar-refractivity contribution in [1.82, 2.24) is 0 Å². The second-order valence-corrected chi connectivity index (χ2v) is 5.16. The van der Waals surface area contributed by atoms with E-state index in [0.717, 1.165) is 0 Å². The van der Waals surface area contributed by atoms with Crippen molar-refractivity contribution in [2.45, 2.75) is 6.61 Å². The van der Waals surface area contributed by atoms with Crippen LogP contribution in [-0.4, -0.2) is 0 Å². The van der Waals surface area contributed by atoms with Gasteiger partial charge in [-0.05, 0) is 41.8 Å². The minimum atomic E-state index is -0.246. The number of benzene rings is 2. The van der Waals surface area contributed by atoms with Crippen LogP contribution in [-0.2, 0) is 6.61 Å². The van der Waals surface area contributed by atoms with Crippen LogP contribution in [0.5, 0.6) is 5.75 Å². The van der Waals surface area contributed by atoms with Crippen molar-refractivity contribution in [3.63, 3.8) is 0 Å². The first-order valence-electron chi connectivity index (χ1n) is 5.67. The van der Waals surface area contributed by atoms with Gasteiger partial charge in [-0.15, -0.1) is 11.3 Å². The van der Waals surface area contributed by atoms with E-state index in [4.69, 9.17) is 4.74 Å². The van der Waals surface area contributed by atoms with Gasteiger partial charge in [0.15, 0.2) is 0 Å². The smallest absolute Gasteiger partial charge is 0.123 e. The molecule has 90 valence electrons. The fourth-order valence-corrected chi connectivity index (χ4v) is 2.77. The maximum Gasteiger partial charge on any atom is 0.123 e. The highest BCUT2D eigenvalue weighted by Gasteiger charge is 2.02. The van der Waals surface area contributed by atoms with Gasteiger partial charge in [-0.2, -0.15) is 0 Å². The van der Waals surface area contributed by atoms with Gasteiger partial charge < -0.3 is 4.74 Å². The zero-order valence-corrected chi connectivity index (χ0v) is 10.4. The van der Waals surface area contributed by atoms with Crippen molar-refractivity contribution in [2.24, 2.45) is 0 Å². The minimum Gasteiger partial charge on any atom is -0.488 e. The van der Waals surface area contributed by atoms with Crippen LogP contribution >= 0.6 is 11.3 Å². The third-order valence-corrected chi connectivity index (χ3v) is 3.76. The summed E-state index contributed by atoms with van der Waals surface area (Å²) in [5.41, 5.74) is 0. The number of fused-ring (bicyclic) bond motifs is 1. The van der Waals surface area contributed by atoms with Crippen LogP contribution in [0.15, 0.2) is 54.6 Å². The molecule has 0 spiro atoms. The number of hydrogen-bond donors (Lipinski definition) is 0. The summed E-state index contributed by atoms with van der Waals surface area (Å²) in [6.45, 7) is 0.519. The lowest BCUT2D eigenvalue weighted by Crippen LogP contribution is -1.92. The van der Waals surface area contributed by atoms with Gasteiger partial charge in [-0.3, -0.25) is 0 Å².